The molecule has 0 unspecified atom stereocenters. The van der Waals surface area contributed by atoms with Crippen molar-refractivity contribution >= 4 is 18.0 Å². The lowest BCUT2D eigenvalue weighted by Gasteiger charge is -2.42. The van der Waals surface area contributed by atoms with E-state index >= 15 is 0 Å². The van der Waals surface area contributed by atoms with Crippen LogP contribution in [0.25, 0.3) is 0 Å². The number of hydrogen-bond donors (Lipinski definition) is 2. The lowest BCUT2D eigenvalue weighted by Crippen LogP contribution is -2.59. The summed E-state index contributed by atoms with van der Waals surface area (Å²) in [5.74, 6) is 0.505. The number of hydrogen-bond acceptors (Lipinski definition) is 5. The molecule has 2 amide bonds. The molecule has 2 aliphatic rings. The first-order valence-electron chi connectivity index (χ1n) is 11.1. The number of carbonyl (C=O) groups is 1. The average molecular weight is 431 g/mol. The molecule has 0 radical (unpaired) electrons. The van der Waals surface area contributed by atoms with Gasteiger partial charge in [0.2, 0.25) is 0 Å². The summed E-state index contributed by atoms with van der Waals surface area (Å²) in [6.07, 6.45) is 8.56. The molecule has 1 heterocycles. The molecule has 3 rings (SSSR count). The predicted octanol–water partition coefficient (Wildman–Crippen LogP) is 4.03. The molecule has 30 heavy (non-hydrogen) atoms. The fourth-order valence-electron chi connectivity index (χ4n) is 4.72. The van der Waals surface area contributed by atoms with Crippen LogP contribution in [-0.4, -0.2) is 55.1 Å². The maximum absolute atomic E-state index is 12.6. The Labute approximate surface area is 184 Å². The van der Waals surface area contributed by atoms with Crippen LogP contribution in [0, 0.1) is 11.3 Å². The van der Waals surface area contributed by atoms with Gasteiger partial charge in [0.25, 0.3) is 0 Å². The minimum Gasteiger partial charge on any atom is -0.376 e. The van der Waals surface area contributed by atoms with Crippen LogP contribution in [0.2, 0.25) is 0 Å². The van der Waals surface area contributed by atoms with Crippen molar-refractivity contribution in [2.24, 2.45) is 0 Å². The SMILES string of the molecule is CCNC(=O)N1CCC[C@H](NSC)[C@@H]1COC1CCC(c2cccc(C#N)c2)CC1. The van der Waals surface area contributed by atoms with Gasteiger partial charge in [-0.05, 0) is 75.3 Å². The zero-order chi connectivity index (χ0) is 21.3. The summed E-state index contributed by atoms with van der Waals surface area (Å²) in [4.78, 5) is 14.5. The van der Waals surface area contributed by atoms with Crippen molar-refractivity contribution in [3.8, 4) is 6.07 Å². The van der Waals surface area contributed by atoms with Crippen LogP contribution in [0.3, 0.4) is 0 Å². The summed E-state index contributed by atoms with van der Waals surface area (Å²) in [6.45, 7) is 3.96. The van der Waals surface area contributed by atoms with Crippen LogP contribution in [0.15, 0.2) is 24.3 Å². The van der Waals surface area contributed by atoms with Crippen molar-refractivity contribution < 1.29 is 9.53 Å². The van der Waals surface area contributed by atoms with Gasteiger partial charge in [0.05, 0.1) is 30.4 Å². The minimum atomic E-state index is 0.0137. The van der Waals surface area contributed by atoms with Crippen LogP contribution in [0.5, 0.6) is 0 Å². The molecule has 1 aromatic carbocycles. The molecule has 1 saturated heterocycles. The summed E-state index contributed by atoms with van der Waals surface area (Å²) in [7, 11) is 0. The van der Waals surface area contributed by atoms with Gasteiger partial charge >= 0.3 is 6.03 Å². The number of nitrogens with zero attached hydrogens (tertiary/aromatic N) is 2. The number of carbonyl (C=O) groups excluding carboxylic acids is 1. The van der Waals surface area contributed by atoms with E-state index in [9.17, 15) is 4.79 Å². The number of benzene rings is 1. The zero-order valence-electron chi connectivity index (χ0n) is 18.1. The average Bonchev–Trinajstić information content (AvgIpc) is 2.79. The second kappa shape index (κ2) is 11.6. The molecule has 164 valence electrons. The minimum absolute atomic E-state index is 0.0137. The van der Waals surface area contributed by atoms with Crippen LogP contribution < -0.4 is 10.0 Å². The summed E-state index contributed by atoms with van der Waals surface area (Å²) in [5, 5.41) is 12.1. The Balaban J connectivity index is 1.55. The first-order valence-corrected chi connectivity index (χ1v) is 12.3. The molecule has 2 atom stereocenters. The molecule has 1 saturated carbocycles. The van der Waals surface area contributed by atoms with Gasteiger partial charge in [-0.2, -0.15) is 5.26 Å². The number of nitrogens with one attached hydrogen (secondary N) is 2. The molecule has 0 spiro atoms. The quantitative estimate of drug-likeness (QED) is 0.639. The number of likely N-dealkylation sites (tertiary alicyclic amines) is 1. The molecule has 0 bridgehead atoms. The van der Waals surface area contributed by atoms with E-state index in [2.05, 4.69) is 22.2 Å². The van der Waals surface area contributed by atoms with Crippen LogP contribution in [-0.2, 0) is 4.74 Å². The van der Waals surface area contributed by atoms with E-state index in [4.69, 9.17) is 10.00 Å². The Morgan fingerprint density at radius 3 is 2.80 bits per heavy atom. The largest absolute Gasteiger partial charge is 0.376 e. The molecule has 2 N–H and O–H groups in total. The van der Waals surface area contributed by atoms with E-state index in [1.807, 2.05) is 36.3 Å². The second-order valence-electron chi connectivity index (χ2n) is 8.21. The van der Waals surface area contributed by atoms with Gasteiger partial charge in [-0.15, -0.1) is 0 Å². The smallest absolute Gasteiger partial charge is 0.317 e. The molecule has 2 fully saturated rings. The lowest BCUT2D eigenvalue weighted by atomic mass is 9.82. The fourth-order valence-corrected chi connectivity index (χ4v) is 5.29. The third-order valence-corrected chi connectivity index (χ3v) is 6.84. The molecule has 0 aromatic heterocycles. The van der Waals surface area contributed by atoms with E-state index in [0.717, 1.165) is 50.6 Å². The Bertz CT molecular complexity index is 728. The van der Waals surface area contributed by atoms with Gasteiger partial charge in [-0.3, -0.25) is 4.72 Å². The third kappa shape index (κ3) is 5.90. The molecule has 1 aromatic rings. The van der Waals surface area contributed by atoms with Gasteiger partial charge in [-0.1, -0.05) is 24.1 Å². The molecular weight excluding hydrogens is 396 g/mol. The first-order chi connectivity index (χ1) is 14.7. The summed E-state index contributed by atoms with van der Waals surface area (Å²) >= 11 is 1.61. The van der Waals surface area contributed by atoms with Crippen LogP contribution >= 0.6 is 11.9 Å². The number of piperidine rings is 1. The van der Waals surface area contributed by atoms with Crippen molar-refractivity contribution in [2.45, 2.75) is 69.6 Å². The van der Waals surface area contributed by atoms with Crippen LogP contribution in [0.1, 0.15) is 62.5 Å². The second-order valence-corrected chi connectivity index (χ2v) is 8.86. The highest BCUT2D eigenvalue weighted by molar-refractivity contribution is 7.96. The number of urea groups is 1. The topological polar surface area (TPSA) is 77.4 Å². The van der Waals surface area contributed by atoms with Gasteiger partial charge in [0.15, 0.2) is 0 Å². The summed E-state index contributed by atoms with van der Waals surface area (Å²) in [6, 6.07) is 10.6. The lowest BCUT2D eigenvalue weighted by molar-refractivity contribution is -0.0171. The van der Waals surface area contributed by atoms with E-state index < -0.39 is 0 Å². The van der Waals surface area contributed by atoms with E-state index in [-0.39, 0.29) is 24.2 Å². The number of rotatable bonds is 7. The van der Waals surface area contributed by atoms with Gasteiger partial charge in [-0.25, -0.2) is 4.79 Å². The number of ether oxygens (including phenoxy) is 1. The van der Waals surface area contributed by atoms with Crippen molar-refractivity contribution in [2.75, 3.05) is 26.0 Å². The van der Waals surface area contributed by atoms with Gasteiger partial charge < -0.3 is 15.0 Å². The summed E-state index contributed by atoms with van der Waals surface area (Å²) < 4.78 is 9.84. The van der Waals surface area contributed by atoms with Crippen molar-refractivity contribution in [3.05, 3.63) is 35.4 Å². The summed E-state index contributed by atoms with van der Waals surface area (Å²) in [5.41, 5.74) is 2.01. The van der Waals surface area contributed by atoms with Crippen molar-refractivity contribution in [3.63, 3.8) is 0 Å². The highest BCUT2D eigenvalue weighted by Gasteiger charge is 2.35. The van der Waals surface area contributed by atoms with Gasteiger partial charge in [0, 0.05) is 19.1 Å². The van der Waals surface area contributed by atoms with Crippen LogP contribution in [0.4, 0.5) is 4.79 Å². The number of amides is 2. The molecule has 7 heteroatoms. The van der Waals surface area contributed by atoms with E-state index in [1.54, 1.807) is 11.9 Å². The third-order valence-electron chi connectivity index (χ3n) is 6.30. The monoisotopic (exact) mass is 430 g/mol. The predicted molar refractivity (Wildman–Crippen MR) is 121 cm³/mol. The molecular formula is C23H34N4O2S. The normalized spacial score (nSPS) is 26.8. The fraction of sp³-hybridized carbons (Fsp3) is 0.652. The Kier molecular flexibility index (Phi) is 8.86. The Morgan fingerprint density at radius 1 is 1.30 bits per heavy atom. The molecule has 1 aliphatic carbocycles. The van der Waals surface area contributed by atoms with E-state index in [0.29, 0.717) is 19.1 Å². The van der Waals surface area contributed by atoms with E-state index in [1.165, 1.54) is 5.56 Å². The zero-order valence-corrected chi connectivity index (χ0v) is 18.9. The number of nitriles is 1. The highest BCUT2D eigenvalue weighted by atomic mass is 32.2. The van der Waals surface area contributed by atoms with Gasteiger partial charge in [0.1, 0.15) is 0 Å². The molecule has 1 aliphatic heterocycles. The molecule has 6 nitrogen and oxygen atoms in total. The Morgan fingerprint density at radius 2 is 2.10 bits per heavy atom. The van der Waals surface area contributed by atoms with Crippen molar-refractivity contribution in [1.82, 2.24) is 14.9 Å². The standard InChI is InChI=1S/C23H34N4O2S/c1-3-25-23(28)27-13-5-8-21(26-30-2)22(27)16-29-20-11-9-18(10-12-20)19-7-4-6-17(14-19)15-24/h4,6-7,14,18,20-22,26H,3,5,8-13,16H2,1-2H3,(H,25,28)/t18?,20?,21-,22-/m0/s1. The first kappa shape index (κ1) is 22.9. The highest BCUT2D eigenvalue weighted by Crippen LogP contribution is 2.34. The Hall–Kier alpha value is -1.75. The maximum atomic E-state index is 12.6. The van der Waals surface area contributed by atoms with Crippen molar-refractivity contribution in [1.29, 1.82) is 5.26 Å². The maximum Gasteiger partial charge on any atom is 0.317 e.